The molecule has 1 N–H and O–H groups in total. The molecule has 0 aliphatic carbocycles. The van der Waals surface area contributed by atoms with Crippen molar-refractivity contribution in [3.8, 4) is 0 Å². The third-order valence-corrected chi connectivity index (χ3v) is 5.13. The van der Waals surface area contributed by atoms with E-state index in [4.69, 9.17) is 11.6 Å². The minimum atomic E-state index is -0.412. The highest BCUT2D eigenvalue weighted by atomic mass is 35.5. The van der Waals surface area contributed by atoms with Gasteiger partial charge in [-0.15, -0.1) is 0 Å². The maximum atomic E-state index is 13.3. The molecule has 4 nitrogen and oxygen atoms in total. The number of hydrogen-bond acceptors (Lipinski definition) is 2. The van der Waals surface area contributed by atoms with Crippen LogP contribution in [0.4, 0.5) is 15.8 Å². The standard InChI is InChI=1S/C23H18ClFN2O2/c24-18-9-6-15(7-10-18)23(29)27-12-2-3-16-13-17(8-11-21(16)27)22(28)26-20-5-1-4-19(25)14-20/h1,4-11,13-14H,2-3,12H2,(H,26,28). The van der Waals surface area contributed by atoms with E-state index in [1.807, 2.05) is 0 Å². The van der Waals surface area contributed by atoms with Crippen molar-refractivity contribution in [2.45, 2.75) is 12.8 Å². The number of nitrogens with one attached hydrogen (secondary N) is 1. The third-order valence-electron chi connectivity index (χ3n) is 4.88. The molecule has 1 heterocycles. The van der Waals surface area contributed by atoms with E-state index in [-0.39, 0.29) is 11.8 Å². The first-order valence-corrected chi connectivity index (χ1v) is 9.66. The van der Waals surface area contributed by atoms with E-state index in [1.165, 1.54) is 18.2 Å². The number of nitrogens with zero attached hydrogens (tertiary/aromatic N) is 1. The smallest absolute Gasteiger partial charge is 0.258 e. The summed E-state index contributed by atoms with van der Waals surface area (Å²) in [6.45, 7) is 0.614. The van der Waals surface area contributed by atoms with Gasteiger partial charge in [-0.2, -0.15) is 0 Å². The van der Waals surface area contributed by atoms with Gasteiger partial charge in [-0.05, 0) is 79.1 Å². The van der Waals surface area contributed by atoms with Crippen LogP contribution in [0.1, 0.15) is 32.7 Å². The predicted octanol–water partition coefficient (Wildman–Crippen LogP) is 5.32. The van der Waals surface area contributed by atoms with E-state index in [1.54, 1.807) is 53.4 Å². The summed E-state index contributed by atoms with van der Waals surface area (Å²) in [7, 11) is 0. The summed E-state index contributed by atoms with van der Waals surface area (Å²) in [5.74, 6) is -0.830. The molecule has 0 saturated carbocycles. The van der Waals surface area contributed by atoms with Crippen LogP contribution in [0.2, 0.25) is 5.02 Å². The van der Waals surface area contributed by atoms with Crippen molar-refractivity contribution in [3.05, 3.63) is 94.3 Å². The monoisotopic (exact) mass is 408 g/mol. The Hall–Kier alpha value is -3.18. The van der Waals surface area contributed by atoms with Crippen LogP contribution in [0, 0.1) is 5.82 Å². The van der Waals surface area contributed by atoms with Crippen molar-refractivity contribution < 1.29 is 14.0 Å². The Labute approximate surface area is 172 Å². The van der Waals surface area contributed by atoms with Gasteiger partial charge in [-0.25, -0.2) is 4.39 Å². The third kappa shape index (κ3) is 4.15. The van der Waals surface area contributed by atoms with Crippen molar-refractivity contribution in [3.63, 3.8) is 0 Å². The van der Waals surface area contributed by atoms with Gasteiger partial charge in [-0.1, -0.05) is 17.7 Å². The van der Waals surface area contributed by atoms with Crippen molar-refractivity contribution in [1.82, 2.24) is 0 Å². The molecular weight excluding hydrogens is 391 g/mol. The molecule has 1 aliphatic heterocycles. The number of fused-ring (bicyclic) bond motifs is 1. The molecule has 3 aromatic carbocycles. The summed E-state index contributed by atoms with van der Waals surface area (Å²) < 4.78 is 13.3. The molecule has 4 rings (SSSR count). The molecular formula is C23H18ClFN2O2. The fourth-order valence-electron chi connectivity index (χ4n) is 3.47. The molecule has 0 fully saturated rings. The molecule has 0 aromatic heterocycles. The van der Waals surface area contributed by atoms with E-state index >= 15 is 0 Å². The van der Waals surface area contributed by atoms with E-state index in [0.717, 1.165) is 24.1 Å². The number of amides is 2. The summed E-state index contributed by atoms with van der Waals surface area (Å²) in [5.41, 5.74) is 3.17. The number of hydrogen-bond donors (Lipinski definition) is 1. The van der Waals surface area contributed by atoms with Crippen molar-refractivity contribution >= 4 is 34.8 Å². The largest absolute Gasteiger partial charge is 0.322 e. The van der Waals surface area contributed by atoms with Gasteiger partial charge in [0.1, 0.15) is 5.82 Å². The highest BCUT2D eigenvalue weighted by molar-refractivity contribution is 6.30. The Kier molecular flexibility index (Phi) is 5.32. The van der Waals surface area contributed by atoms with Crippen LogP contribution in [-0.4, -0.2) is 18.4 Å². The number of halogens is 2. The van der Waals surface area contributed by atoms with Gasteiger partial charge >= 0.3 is 0 Å². The Morgan fingerprint density at radius 3 is 2.48 bits per heavy atom. The van der Waals surface area contributed by atoms with Crippen LogP contribution in [0.5, 0.6) is 0 Å². The molecule has 0 bridgehead atoms. The minimum Gasteiger partial charge on any atom is -0.322 e. The van der Waals surface area contributed by atoms with Gasteiger partial charge in [0.2, 0.25) is 0 Å². The van der Waals surface area contributed by atoms with Crippen LogP contribution < -0.4 is 10.2 Å². The number of benzene rings is 3. The molecule has 29 heavy (non-hydrogen) atoms. The molecule has 1 aliphatic rings. The Bertz CT molecular complexity index is 1080. The quantitative estimate of drug-likeness (QED) is 0.637. The minimum absolute atomic E-state index is 0.0976. The first-order chi connectivity index (χ1) is 14.0. The fraction of sp³-hybridized carbons (Fsp3) is 0.130. The Morgan fingerprint density at radius 2 is 1.72 bits per heavy atom. The number of anilines is 2. The van der Waals surface area contributed by atoms with Crippen molar-refractivity contribution in [2.75, 3.05) is 16.8 Å². The van der Waals surface area contributed by atoms with Crippen LogP contribution in [0.25, 0.3) is 0 Å². The van der Waals surface area contributed by atoms with E-state index in [0.29, 0.717) is 28.4 Å². The molecule has 3 aromatic rings. The van der Waals surface area contributed by atoms with E-state index in [9.17, 15) is 14.0 Å². The first-order valence-electron chi connectivity index (χ1n) is 9.28. The van der Waals surface area contributed by atoms with Crippen molar-refractivity contribution in [1.29, 1.82) is 0 Å². The van der Waals surface area contributed by atoms with Crippen LogP contribution >= 0.6 is 11.6 Å². The maximum absolute atomic E-state index is 13.3. The highest BCUT2D eigenvalue weighted by Crippen LogP contribution is 2.30. The molecule has 146 valence electrons. The lowest BCUT2D eigenvalue weighted by atomic mass is 9.98. The normalized spacial score (nSPS) is 13.0. The number of carbonyl (C=O) groups excluding carboxylic acids is 2. The topological polar surface area (TPSA) is 49.4 Å². The number of aryl methyl sites for hydroxylation is 1. The van der Waals surface area contributed by atoms with Gasteiger partial charge in [0, 0.05) is 34.1 Å². The lowest BCUT2D eigenvalue weighted by Crippen LogP contribution is -2.35. The average molecular weight is 409 g/mol. The maximum Gasteiger partial charge on any atom is 0.258 e. The second-order valence-electron chi connectivity index (χ2n) is 6.88. The molecule has 0 unspecified atom stereocenters. The van der Waals surface area contributed by atoms with Gasteiger partial charge < -0.3 is 10.2 Å². The second kappa shape index (κ2) is 8.05. The van der Waals surface area contributed by atoms with Crippen LogP contribution in [0.15, 0.2) is 66.7 Å². The fourth-order valence-corrected chi connectivity index (χ4v) is 3.59. The summed E-state index contributed by atoms with van der Waals surface area (Å²) >= 11 is 5.91. The zero-order valence-corrected chi connectivity index (χ0v) is 16.2. The molecule has 0 atom stereocenters. The molecule has 2 amide bonds. The first kappa shape index (κ1) is 19.2. The Morgan fingerprint density at radius 1 is 0.966 bits per heavy atom. The molecule has 6 heteroatoms. The lowest BCUT2D eigenvalue weighted by Gasteiger charge is -2.30. The summed E-state index contributed by atoms with van der Waals surface area (Å²) in [5, 5.41) is 3.28. The van der Waals surface area contributed by atoms with Crippen molar-refractivity contribution in [2.24, 2.45) is 0 Å². The van der Waals surface area contributed by atoms with Crippen LogP contribution in [-0.2, 0) is 6.42 Å². The van der Waals surface area contributed by atoms with Crippen LogP contribution in [0.3, 0.4) is 0 Å². The second-order valence-corrected chi connectivity index (χ2v) is 7.31. The molecule has 0 radical (unpaired) electrons. The SMILES string of the molecule is O=C(Nc1cccc(F)c1)c1ccc2c(c1)CCCN2C(=O)c1ccc(Cl)cc1. The van der Waals surface area contributed by atoms with Gasteiger partial charge in [-0.3, -0.25) is 9.59 Å². The van der Waals surface area contributed by atoms with Gasteiger partial charge in [0.25, 0.3) is 11.8 Å². The number of rotatable bonds is 3. The zero-order valence-electron chi connectivity index (χ0n) is 15.5. The molecule has 0 saturated heterocycles. The molecule has 0 spiro atoms. The number of carbonyl (C=O) groups is 2. The Balaban J connectivity index is 1.57. The summed E-state index contributed by atoms with van der Waals surface area (Å²) in [6, 6.07) is 17.8. The van der Waals surface area contributed by atoms with Gasteiger partial charge in [0.05, 0.1) is 0 Å². The average Bonchev–Trinajstić information content (AvgIpc) is 2.73. The van der Waals surface area contributed by atoms with E-state index in [2.05, 4.69) is 5.32 Å². The highest BCUT2D eigenvalue weighted by Gasteiger charge is 2.24. The van der Waals surface area contributed by atoms with E-state index < -0.39 is 5.82 Å². The summed E-state index contributed by atoms with van der Waals surface area (Å²) in [6.07, 6.45) is 1.59. The van der Waals surface area contributed by atoms with Gasteiger partial charge in [0.15, 0.2) is 0 Å². The zero-order chi connectivity index (χ0) is 20.4. The lowest BCUT2D eigenvalue weighted by molar-refractivity contribution is 0.0984. The predicted molar refractivity (Wildman–Crippen MR) is 112 cm³/mol. The summed E-state index contributed by atoms with van der Waals surface area (Å²) in [4.78, 5) is 27.2.